The van der Waals surface area contributed by atoms with Crippen molar-refractivity contribution in [3.8, 4) is 95.5 Å². The zero-order valence-electron chi connectivity index (χ0n) is 74.4. The molecular weight excluding hydrogens is 1630 g/mol. The summed E-state index contributed by atoms with van der Waals surface area (Å²) in [6.45, 7) is 9.61. The van der Waals surface area contributed by atoms with Crippen molar-refractivity contribution in [1.82, 2.24) is 38.6 Å². The van der Waals surface area contributed by atoms with Crippen LogP contribution in [0.5, 0.6) is 0 Å². The standard InChI is InChI=1S/C44H35N3.C44H32N2.C36H22N4O/c1-44(2)36-24-22-29(46-38-20-8-6-15-30(38)31-16-7-9-21-39(31)46)27-35(36)32-23-25-40-41(42(32)44)34-18-12-17-33(37-19-10-11-26-45-37)43(34)47(40)28-13-4-3-5-14-28;1-44(2)38-25-23-32(29-12-5-3-6-13-29)28-37(38)35-24-26-40-41(42(35)44)36-17-11-16-34(43(36)46(40)33-14-7-4-8-15-33)30-19-21-31(22-20-30)39-18-9-10-27-45-39;1-2-8-24(9-3-1)40-30-12-6-11-28(36-38-20-37-21-39-36)33(30)34-31(40)17-16-27-29-19-23(14-18-32(29)41-35(27)34)26-15-13-22-7-4-5-10-25(22)26/h3-27,30-31,38-39H,1-2H3;3-28H,1-2H3;1-14,16-21H,15H2. The maximum Gasteiger partial charge on any atom is 0.163 e. The van der Waals surface area contributed by atoms with E-state index >= 15 is 0 Å². The van der Waals surface area contributed by atoms with E-state index in [1.165, 1.54) is 143 Å². The first-order valence-corrected chi connectivity index (χ1v) is 46.5. The second-order valence-electron chi connectivity index (χ2n) is 37.2. The number of rotatable bonds is 10. The normalized spacial score (nSPS) is 16.5. The number of allylic oxidation sites excluding steroid dienone is 4. The maximum atomic E-state index is 6.72. The van der Waals surface area contributed by atoms with E-state index in [4.69, 9.17) is 9.40 Å². The molecule has 4 unspecified atom stereocenters. The van der Waals surface area contributed by atoms with E-state index < -0.39 is 0 Å². The third-order valence-electron chi connectivity index (χ3n) is 29.3. The number of hydrogen-bond acceptors (Lipinski definition) is 7. The summed E-state index contributed by atoms with van der Waals surface area (Å²) < 4.78 is 13.9. The van der Waals surface area contributed by atoms with Gasteiger partial charge in [0, 0.05) is 118 Å². The number of furan rings is 1. The van der Waals surface area contributed by atoms with Gasteiger partial charge in [0.2, 0.25) is 0 Å². The first-order valence-electron chi connectivity index (χ1n) is 46.5. The van der Waals surface area contributed by atoms with Crippen LogP contribution in [0.3, 0.4) is 0 Å². The average molecular weight is 1720 g/mol. The molecule has 8 heterocycles. The van der Waals surface area contributed by atoms with Gasteiger partial charge in [0.25, 0.3) is 0 Å². The fraction of sp³-hybridized carbons (Fsp3) is 0.0887. The number of aromatic nitrogens is 8. The molecule has 134 heavy (non-hydrogen) atoms. The van der Waals surface area contributed by atoms with Crippen molar-refractivity contribution in [2.75, 3.05) is 4.90 Å². The van der Waals surface area contributed by atoms with Gasteiger partial charge in [-0.25, -0.2) is 15.0 Å². The van der Waals surface area contributed by atoms with Crippen molar-refractivity contribution in [2.24, 2.45) is 11.8 Å². The van der Waals surface area contributed by atoms with Crippen molar-refractivity contribution in [2.45, 2.75) is 57.0 Å². The Kier molecular flexibility index (Phi) is 18.1. The molecule has 0 N–H and O–H groups in total. The first kappa shape index (κ1) is 78.4. The lowest BCUT2D eigenvalue weighted by atomic mass is 9.80. The summed E-state index contributed by atoms with van der Waals surface area (Å²) in [5, 5.41) is 12.2. The van der Waals surface area contributed by atoms with Crippen LogP contribution in [0.4, 0.5) is 5.69 Å². The Morgan fingerprint density at radius 3 is 1.48 bits per heavy atom. The van der Waals surface area contributed by atoms with Crippen LogP contribution in [-0.4, -0.2) is 50.7 Å². The SMILES string of the molecule is C1=c2ccccc2=C(c2ccc3oc4c(ccc5c4c4c(-c6ncncn6)cccc4n5-c4ccccc4)c3c2)C1.CC1(C)c2ccc(-c3ccccc3)cc2-c2ccc3c(c21)c1cccc(-c2ccc(-c4ccccn4)cc2)c1n3-c1ccccc1.CC1(C)c2ccc(N3C4C=CC=CC4C4C=CC=CC43)cc2-c2ccc3c(c21)c1cccc(-c2ccccn2)c1n3-c1ccccc1. The molecule has 10 heteroatoms. The summed E-state index contributed by atoms with van der Waals surface area (Å²) in [4.78, 5) is 25.1. The lowest BCUT2D eigenvalue weighted by Gasteiger charge is -2.32. The summed E-state index contributed by atoms with van der Waals surface area (Å²) in [7, 11) is 0. The van der Waals surface area contributed by atoms with Gasteiger partial charge in [-0.05, 0) is 211 Å². The largest absolute Gasteiger partial charge is 0.455 e. The lowest BCUT2D eigenvalue weighted by molar-refractivity contribution is 0.527. The van der Waals surface area contributed by atoms with Gasteiger partial charge >= 0.3 is 0 Å². The van der Waals surface area contributed by atoms with Crippen LogP contribution in [-0.2, 0) is 10.8 Å². The Labute approximate surface area is 775 Å². The summed E-state index contributed by atoms with van der Waals surface area (Å²) in [6.07, 6.45) is 28.6. The Balaban J connectivity index is 0.000000105. The van der Waals surface area contributed by atoms with E-state index in [1.807, 2.05) is 36.7 Å². The molecule has 28 rings (SSSR count). The number of hydrogen-bond donors (Lipinski definition) is 0. The summed E-state index contributed by atoms with van der Waals surface area (Å²) in [5.41, 5.74) is 36.9. The number of nitrogens with zero attached hydrogens (tertiary/aromatic N) is 9. The summed E-state index contributed by atoms with van der Waals surface area (Å²) in [5.74, 6) is 1.61. The molecule has 4 atom stereocenters. The van der Waals surface area contributed by atoms with Crippen LogP contribution in [0.2, 0.25) is 0 Å². The summed E-state index contributed by atoms with van der Waals surface area (Å²) in [6, 6.07) is 128. The minimum atomic E-state index is -0.170. The van der Waals surface area contributed by atoms with Crippen molar-refractivity contribution < 1.29 is 4.42 Å². The van der Waals surface area contributed by atoms with Gasteiger partial charge in [-0.1, -0.05) is 313 Å². The highest BCUT2D eigenvalue weighted by Gasteiger charge is 2.47. The van der Waals surface area contributed by atoms with Crippen LogP contribution in [0.25, 0.3) is 194 Å². The molecule has 1 fully saturated rings. The number of fused-ring (bicyclic) bond motifs is 25. The lowest BCUT2D eigenvalue weighted by Crippen LogP contribution is -2.36. The Bertz CT molecular complexity index is 8790. The minimum absolute atomic E-state index is 0.157. The first-order chi connectivity index (χ1) is 66.1. The van der Waals surface area contributed by atoms with Crippen molar-refractivity contribution in [3.63, 3.8) is 0 Å². The molecule has 0 radical (unpaired) electrons. The molecule has 636 valence electrons. The average Bonchev–Trinajstić information content (AvgIpc) is 1.54. The van der Waals surface area contributed by atoms with Crippen molar-refractivity contribution >= 4 is 105 Å². The van der Waals surface area contributed by atoms with Gasteiger partial charge in [-0.15, -0.1) is 0 Å². The van der Waals surface area contributed by atoms with E-state index in [0.29, 0.717) is 29.7 Å². The third-order valence-corrected chi connectivity index (χ3v) is 29.3. The molecule has 5 aliphatic carbocycles. The van der Waals surface area contributed by atoms with Gasteiger partial charge in [0.05, 0.1) is 62.0 Å². The maximum absolute atomic E-state index is 6.72. The minimum Gasteiger partial charge on any atom is -0.455 e. The monoisotopic (exact) mass is 1720 g/mol. The van der Waals surface area contributed by atoms with Crippen LogP contribution in [0, 0.1) is 11.8 Å². The van der Waals surface area contributed by atoms with Crippen LogP contribution < -0.4 is 15.3 Å². The van der Waals surface area contributed by atoms with Crippen molar-refractivity contribution in [3.05, 3.63) is 464 Å². The number of anilines is 1. The fourth-order valence-corrected chi connectivity index (χ4v) is 23.5. The highest BCUT2D eigenvalue weighted by Crippen LogP contribution is 2.59. The third kappa shape index (κ3) is 12.2. The zero-order valence-corrected chi connectivity index (χ0v) is 74.4. The van der Waals surface area contributed by atoms with E-state index in [0.717, 1.165) is 89.6 Å². The Morgan fingerprint density at radius 2 is 0.836 bits per heavy atom. The molecule has 0 bridgehead atoms. The fourth-order valence-electron chi connectivity index (χ4n) is 23.5. The summed E-state index contributed by atoms with van der Waals surface area (Å²) >= 11 is 0. The molecule has 0 saturated carbocycles. The van der Waals surface area contributed by atoms with Gasteiger partial charge in [-0.3, -0.25) is 9.97 Å². The number of para-hydroxylation sites is 5. The molecule has 22 aromatic rings. The van der Waals surface area contributed by atoms with Gasteiger partial charge in [-0.2, -0.15) is 0 Å². The number of benzene rings is 15. The van der Waals surface area contributed by atoms with Crippen LogP contribution in [0.15, 0.2) is 430 Å². The van der Waals surface area contributed by atoms with E-state index in [2.05, 4.69) is 449 Å². The van der Waals surface area contributed by atoms with Crippen molar-refractivity contribution in [1.29, 1.82) is 0 Å². The second-order valence-corrected chi connectivity index (χ2v) is 37.2. The van der Waals surface area contributed by atoms with E-state index in [-0.39, 0.29) is 10.8 Å². The molecular formula is C124H89N9O. The van der Waals surface area contributed by atoms with Crippen LogP contribution in [0.1, 0.15) is 61.9 Å². The predicted molar refractivity (Wildman–Crippen MR) is 552 cm³/mol. The molecule has 0 spiro atoms. The van der Waals surface area contributed by atoms with Crippen LogP contribution >= 0.6 is 0 Å². The molecule has 15 aromatic carbocycles. The Hall–Kier alpha value is -16.7. The number of pyridine rings is 2. The van der Waals surface area contributed by atoms with Gasteiger partial charge in [0.1, 0.15) is 23.8 Å². The van der Waals surface area contributed by atoms with Gasteiger partial charge < -0.3 is 23.0 Å². The van der Waals surface area contributed by atoms with E-state index in [9.17, 15) is 0 Å². The smallest absolute Gasteiger partial charge is 0.163 e. The zero-order chi connectivity index (χ0) is 89.0. The van der Waals surface area contributed by atoms with Gasteiger partial charge in [0.15, 0.2) is 5.82 Å². The highest BCUT2D eigenvalue weighted by molar-refractivity contribution is 6.27. The molecule has 1 aliphatic heterocycles. The topological polar surface area (TPSA) is 95.6 Å². The molecule has 10 nitrogen and oxygen atoms in total. The molecule has 6 aliphatic rings. The molecule has 0 amide bonds. The second kappa shape index (κ2) is 31.0. The Morgan fingerprint density at radius 1 is 0.321 bits per heavy atom. The molecule has 1 saturated heterocycles. The van der Waals surface area contributed by atoms with E-state index in [1.54, 1.807) is 12.7 Å². The molecule has 7 aromatic heterocycles. The quantitative estimate of drug-likeness (QED) is 0.135. The predicted octanol–water partition coefficient (Wildman–Crippen LogP) is 28.6. The highest BCUT2D eigenvalue weighted by atomic mass is 16.3.